The van der Waals surface area contributed by atoms with E-state index < -0.39 is 5.82 Å². The Kier molecular flexibility index (Phi) is 4.28. The zero-order valence-corrected chi connectivity index (χ0v) is 16.4. The van der Waals surface area contributed by atoms with E-state index in [1.165, 1.54) is 17.0 Å². The van der Waals surface area contributed by atoms with Gasteiger partial charge in [0.15, 0.2) is 11.5 Å². The first-order valence-corrected chi connectivity index (χ1v) is 9.85. The highest BCUT2D eigenvalue weighted by Crippen LogP contribution is 2.23. The number of benzene rings is 1. The minimum atomic E-state index is -0.498. The van der Waals surface area contributed by atoms with Crippen molar-refractivity contribution in [3.05, 3.63) is 64.9 Å². The molecular formula is C21H18BFN6O. The summed E-state index contributed by atoms with van der Waals surface area (Å²) < 4.78 is 17.4. The zero-order chi connectivity index (χ0) is 20.8. The number of hydrogen-bond donors (Lipinski definition) is 0. The average Bonchev–Trinajstić information content (AvgIpc) is 3.15. The molecule has 1 saturated heterocycles. The van der Waals surface area contributed by atoms with Gasteiger partial charge in [-0.15, -0.1) is 0 Å². The van der Waals surface area contributed by atoms with Crippen LogP contribution in [0, 0.1) is 24.0 Å². The number of aromatic nitrogens is 4. The molecule has 1 aliphatic rings. The van der Waals surface area contributed by atoms with Crippen molar-refractivity contribution in [1.82, 2.24) is 18.9 Å². The molecule has 1 aromatic carbocycles. The van der Waals surface area contributed by atoms with Gasteiger partial charge in [0.05, 0.1) is 22.3 Å². The highest BCUT2D eigenvalue weighted by atomic mass is 19.1. The summed E-state index contributed by atoms with van der Waals surface area (Å²) in [5.41, 5.74) is 2.57. The highest BCUT2D eigenvalue weighted by Gasteiger charge is 2.23. The Morgan fingerprint density at radius 2 is 1.97 bits per heavy atom. The standard InChI is InChI=1S/C21H18BFN6O/c1-14-10-28-11-16(9-18(23)20(28)26-14)29-13-25-19-3-2-15(8-17(19)21(29)30)27-6-4-22(12-24)5-7-27/h2-3,8-11,13H,4-7H2,1H3. The van der Waals surface area contributed by atoms with Gasteiger partial charge in [-0.1, -0.05) is 0 Å². The summed E-state index contributed by atoms with van der Waals surface area (Å²) in [7, 11) is 0. The van der Waals surface area contributed by atoms with Crippen molar-refractivity contribution >= 4 is 29.0 Å². The molecule has 0 radical (unpaired) electrons. The van der Waals surface area contributed by atoms with Gasteiger partial charge in [0, 0.05) is 43.2 Å². The SMILES string of the molecule is Cc1cn2cc(-n3cnc4ccc(N5CCB(C#N)CC5)cc4c3=O)cc(F)c2n1. The monoisotopic (exact) mass is 400 g/mol. The fourth-order valence-corrected chi connectivity index (χ4v) is 4.05. The van der Waals surface area contributed by atoms with Crippen LogP contribution in [0.2, 0.25) is 12.6 Å². The van der Waals surface area contributed by atoms with Gasteiger partial charge in [-0.05, 0) is 37.8 Å². The molecule has 148 valence electrons. The summed E-state index contributed by atoms with van der Waals surface area (Å²) in [6.45, 7) is 3.44. The maximum Gasteiger partial charge on any atom is 0.271 e. The molecular weight excluding hydrogens is 382 g/mol. The molecule has 4 aromatic rings. The Bertz CT molecular complexity index is 1380. The molecule has 1 fully saturated rings. The molecule has 7 nitrogen and oxygen atoms in total. The topological polar surface area (TPSA) is 79.2 Å². The first-order valence-electron chi connectivity index (χ1n) is 9.85. The van der Waals surface area contributed by atoms with Gasteiger partial charge >= 0.3 is 0 Å². The minimum Gasteiger partial charge on any atom is -0.373 e. The van der Waals surface area contributed by atoms with Crippen LogP contribution in [0.25, 0.3) is 22.2 Å². The van der Waals surface area contributed by atoms with Crippen molar-refractivity contribution in [3.63, 3.8) is 0 Å². The number of fused-ring (bicyclic) bond motifs is 2. The van der Waals surface area contributed by atoms with E-state index in [4.69, 9.17) is 5.26 Å². The summed E-state index contributed by atoms with van der Waals surface area (Å²) in [6.07, 6.45) is 6.44. The molecule has 3 aromatic heterocycles. The second-order valence-corrected chi connectivity index (χ2v) is 7.67. The Morgan fingerprint density at radius 3 is 2.73 bits per heavy atom. The predicted octanol–water partition coefficient (Wildman–Crippen LogP) is 2.86. The summed E-state index contributed by atoms with van der Waals surface area (Å²) in [6, 6.07) is 6.92. The number of nitriles is 1. The summed E-state index contributed by atoms with van der Waals surface area (Å²) in [5, 5.41) is 9.57. The number of anilines is 1. The third kappa shape index (κ3) is 3.01. The van der Waals surface area contributed by atoms with Crippen LogP contribution in [0.5, 0.6) is 0 Å². The number of pyridine rings is 1. The third-order valence-corrected chi connectivity index (χ3v) is 5.67. The largest absolute Gasteiger partial charge is 0.373 e. The van der Waals surface area contributed by atoms with Crippen molar-refractivity contribution < 1.29 is 4.39 Å². The van der Waals surface area contributed by atoms with E-state index >= 15 is 0 Å². The number of aryl methyl sites for hydroxylation is 1. The molecule has 1 aliphatic heterocycles. The van der Waals surface area contributed by atoms with Crippen molar-refractivity contribution in [3.8, 4) is 11.7 Å². The minimum absolute atomic E-state index is 0.0947. The van der Waals surface area contributed by atoms with Crippen LogP contribution in [0.15, 0.2) is 47.8 Å². The Balaban J connectivity index is 1.58. The van der Waals surface area contributed by atoms with Gasteiger partial charge in [-0.2, -0.15) is 0 Å². The average molecular weight is 400 g/mol. The maximum atomic E-state index is 14.5. The van der Waals surface area contributed by atoms with E-state index in [1.807, 2.05) is 18.2 Å². The van der Waals surface area contributed by atoms with E-state index in [0.717, 1.165) is 31.4 Å². The van der Waals surface area contributed by atoms with Crippen LogP contribution in [-0.2, 0) is 0 Å². The molecule has 9 heteroatoms. The van der Waals surface area contributed by atoms with E-state index in [1.54, 1.807) is 23.7 Å². The van der Waals surface area contributed by atoms with Gasteiger partial charge in [0.25, 0.3) is 12.3 Å². The number of rotatable bonds is 2. The lowest BCUT2D eigenvalue weighted by Gasteiger charge is -2.30. The fourth-order valence-electron chi connectivity index (χ4n) is 4.05. The van der Waals surface area contributed by atoms with Gasteiger partial charge in [-0.3, -0.25) is 9.36 Å². The fraction of sp³-hybridized carbons (Fsp3) is 0.238. The summed E-state index contributed by atoms with van der Waals surface area (Å²) >= 11 is 0. The lowest BCUT2D eigenvalue weighted by atomic mass is 9.45. The molecule has 0 atom stereocenters. The molecule has 0 N–H and O–H groups in total. The third-order valence-electron chi connectivity index (χ3n) is 5.67. The van der Waals surface area contributed by atoms with Crippen molar-refractivity contribution in [1.29, 1.82) is 5.26 Å². The summed E-state index contributed by atoms with van der Waals surface area (Å²) in [4.78, 5) is 24.0. The van der Waals surface area contributed by atoms with Gasteiger partial charge in [0.1, 0.15) is 6.33 Å². The number of hydrogen-bond acceptors (Lipinski definition) is 5. The molecule has 30 heavy (non-hydrogen) atoms. The van der Waals surface area contributed by atoms with Crippen LogP contribution < -0.4 is 10.5 Å². The van der Waals surface area contributed by atoms with Gasteiger partial charge in [-0.25, -0.2) is 19.6 Å². The van der Waals surface area contributed by atoms with Crippen molar-refractivity contribution in [2.75, 3.05) is 18.0 Å². The van der Waals surface area contributed by atoms with Crippen LogP contribution in [-0.4, -0.2) is 38.7 Å². The van der Waals surface area contributed by atoms with Crippen LogP contribution in [0.4, 0.5) is 10.1 Å². The second-order valence-electron chi connectivity index (χ2n) is 7.67. The predicted molar refractivity (Wildman–Crippen MR) is 114 cm³/mol. The number of imidazole rings is 1. The van der Waals surface area contributed by atoms with E-state index in [0.29, 0.717) is 22.3 Å². The lowest BCUT2D eigenvalue weighted by Crippen LogP contribution is -2.36. The zero-order valence-electron chi connectivity index (χ0n) is 16.4. The van der Waals surface area contributed by atoms with Crippen LogP contribution in [0.3, 0.4) is 0 Å². The first-order chi connectivity index (χ1) is 14.5. The Morgan fingerprint density at radius 1 is 1.17 bits per heavy atom. The molecule has 0 spiro atoms. The van der Waals surface area contributed by atoms with Gasteiger partial charge < -0.3 is 9.30 Å². The molecule has 0 aliphatic carbocycles. The van der Waals surface area contributed by atoms with Crippen LogP contribution >= 0.6 is 0 Å². The smallest absolute Gasteiger partial charge is 0.271 e. The normalized spacial score (nSPS) is 14.4. The Hall–Kier alpha value is -3.67. The molecule has 0 amide bonds. The molecule has 0 unspecified atom stereocenters. The molecule has 0 bridgehead atoms. The van der Waals surface area contributed by atoms with E-state index in [9.17, 15) is 9.18 Å². The molecule has 5 rings (SSSR count). The quantitative estimate of drug-likeness (QED) is 0.484. The number of nitrogens with zero attached hydrogens (tertiary/aromatic N) is 6. The van der Waals surface area contributed by atoms with Crippen molar-refractivity contribution in [2.24, 2.45) is 0 Å². The van der Waals surface area contributed by atoms with E-state index in [-0.39, 0.29) is 17.9 Å². The van der Waals surface area contributed by atoms with E-state index in [2.05, 4.69) is 20.8 Å². The van der Waals surface area contributed by atoms with Crippen LogP contribution in [0.1, 0.15) is 5.69 Å². The highest BCUT2D eigenvalue weighted by molar-refractivity contribution is 6.67. The van der Waals surface area contributed by atoms with Gasteiger partial charge in [0.2, 0.25) is 0 Å². The van der Waals surface area contributed by atoms with Crippen molar-refractivity contribution in [2.45, 2.75) is 19.6 Å². The molecule has 4 heterocycles. The first kappa shape index (κ1) is 18.4. The number of halogens is 1. The molecule has 0 saturated carbocycles. The Labute approximate surface area is 172 Å². The lowest BCUT2D eigenvalue weighted by molar-refractivity contribution is 0.628. The second kappa shape index (κ2) is 6.99. The summed E-state index contributed by atoms with van der Waals surface area (Å²) in [5.74, 6) is 1.83. The maximum absolute atomic E-state index is 14.5.